The van der Waals surface area contributed by atoms with E-state index >= 15 is 0 Å². The van der Waals surface area contributed by atoms with Crippen molar-refractivity contribution in [3.8, 4) is 5.75 Å². The Hall–Kier alpha value is -2.71. The van der Waals surface area contributed by atoms with Crippen molar-refractivity contribution in [3.05, 3.63) is 42.5 Å². The second-order valence-corrected chi connectivity index (χ2v) is 7.19. The fourth-order valence-electron chi connectivity index (χ4n) is 2.45. The van der Waals surface area contributed by atoms with E-state index < -0.39 is 17.8 Å². The predicted molar refractivity (Wildman–Crippen MR) is 95.6 cm³/mol. The SMILES string of the molecule is COc1ccc(NC(=O)N[C@H](Cn2ccnc2)C(C)(C)C)c(C(F)(F)F)c1. The highest BCUT2D eigenvalue weighted by Crippen LogP contribution is 2.37. The molecule has 0 saturated carbocycles. The van der Waals surface area contributed by atoms with Gasteiger partial charge in [0.2, 0.25) is 0 Å². The minimum atomic E-state index is -4.63. The van der Waals surface area contributed by atoms with Gasteiger partial charge in [-0.05, 0) is 23.6 Å². The highest BCUT2D eigenvalue weighted by molar-refractivity contribution is 5.90. The Morgan fingerprint density at radius 2 is 2.00 bits per heavy atom. The predicted octanol–water partition coefficient (Wildman–Crippen LogP) is 4.15. The Labute approximate surface area is 155 Å². The molecular weight excluding hydrogens is 361 g/mol. The number of aromatic nitrogens is 2. The molecule has 1 aromatic heterocycles. The average molecular weight is 384 g/mol. The first-order valence-corrected chi connectivity index (χ1v) is 8.29. The normalized spacial score (nSPS) is 13.1. The second-order valence-electron chi connectivity index (χ2n) is 7.19. The van der Waals surface area contributed by atoms with Crippen molar-refractivity contribution in [2.75, 3.05) is 12.4 Å². The molecule has 0 radical (unpaired) electrons. The molecule has 9 heteroatoms. The standard InChI is InChI=1S/C18H23F3N4O2/c1-17(2,3)15(10-25-8-7-22-11-25)24-16(26)23-14-6-5-12(27-4)9-13(14)18(19,20)21/h5-9,11,15H,10H2,1-4H3,(H2,23,24,26)/t15-/m1/s1. The number of anilines is 1. The van der Waals surface area contributed by atoms with Gasteiger partial charge >= 0.3 is 12.2 Å². The second kappa shape index (κ2) is 7.89. The Morgan fingerprint density at radius 3 is 2.52 bits per heavy atom. The number of carbonyl (C=O) groups is 1. The Balaban J connectivity index is 2.18. The van der Waals surface area contributed by atoms with Crippen LogP contribution in [0.25, 0.3) is 0 Å². The number of nitrogens with one attached hydrogen (secondary N) is 2. The van der Waals surface area contributed by atoms with Gasteiger partial charge < -0.3 is 19.9 Å². The van der Waals surface area contributed by atoms with Crippen LogP contribution in [0.1, 0.15) is 26.3 Å². The number of hydrogen-bond acceptors (Lipinski definition) is 3. The maximum atomic E-state index is 13.3. The van der Waals surface area contributed by atoms with Crippen LogP contribution in [-0.2, 0) is 12.7 Å². The lowest BCUT2D eigenvalue weighted by atomic mass is 9.86. The van der Waals surface area contributed by atoms with E-state index in [2.05, 4.69) is 15.6 Å². The maximum Gasteiger partial charge on any atom is 0.418 e. The van der Waals surface area contributed by atoms with E-state index in [-0.39, 0.29) is 22.9 Å². The quantitative estimate of drug-likeness (QED) is 0.814. The summed E-state index contributed by atoms with van der Waals surface area (Å²) in [6.07, 6.45) is 0.358. The van der Waals surface area contributed by atoms with Gasteiger partial charge in [0.25, 0.3) is 0 Å². The van der Waals surface area contributed by atoms with E-state index in [9.17, 15) is 18.0 Å². The van der Waals surface area contributed by atoms with E-state index in [1.807, 2.05) is 20.8 Å². The summed E-state index contributed by atoms with van der Waals surface area (Å²) in [5.41, 5.74) is -1.64. The van der Waals surface area contributed by atoms with Gasteiger partial charge in [-0.1, -0.05) is 20.8 Å². The first kappa shape index (κ1) is 20.6. The molecular formula is C18H23F3N4O2. The van der Waals surface area contributed by atoms with E-state index in [1.165, 1.54) is 19.2 Å². The van der Waals surface area contributed by atoms with E-state index in [0.717, 1.165) is 6.07 Å². The Bertz CT molecular complexity index is 768. The van der Waals surface area contributed by atoms with Crippen LogP contribution < -0.4 is 15.4 Å². The minimum Gasteiger partial charge on any atom is -0.497 e. The molecule has 0 unspecified atom stereocenters. The van der Waals surface area contributed by atoms with Crippen LogP contribution in [-0.4, -0.2) is 28.7 Å². The number of amides is 2. The van der Waals surface area contributed by atoms with Crippen LogP contribution in [0.15, 0.2) is 36.9 Å². The van der Waals surface area contributed by atoms with E-state index in [0.29, 0.717) is 6.54 Å². The van der Waals surface area contributed by atoms with Gasteiger partial charge in [-0.2, -0.15) is 13.2 Å². The largest absolute Gasteiger partial charge is 0.497 e. The molecule has 148 valence electrons. The first-order chi connectivity index (χ1) is 12.5. The zero-order valence-electron chi connectivity index (χ0n) is 15.6. The fraction of sp³-hybridized carbons (Fsp3) is 0.444. The van der Waals surface area contributed by atoms with Gasteiger partial charge in [0, 0.05) is 18.9 Å². The number of imidazole rings is 1. The molecule has 0 aliphatic rings. The zero-order chi connectivity index (χ0) is 20.2. The van der Waals surface area contributed by atoms with Crippen LogP contribution in [0.3, 0.4) is 0 Å². The van der Waals surface area contributed by atoms with Crippen LogP contribution in [0, 0.1) is 5.41 Å². The molecule has 0 saturated heterocycles. The molecule has 2 rings (SSSR count). The lowest BCUT2D eigenvalue weighted by molar-refractivity contribution is -0.137. The average Bonchev–Trinajstić information content (AvgIpc) is 3.06. The molecule has 0 aliphatic heterocycles. The number of ether oxygens (including phenoxy) is 1. The summed E-state index contributed by atoms with van der Waals surface area (Å²) >= 11 is 0. The fourth-order valence-corrected chi connectivity index (χ4v) is 2.45. The number of halogens is 3. The molecule has 0 bridgehead atoms. The maximum absolute atomic E-state index is 13.3. The highest BCUT2D eigenvalue weighted by Gasteiger charge is 2.35. The third-order valence-electron chi connectivity index (χ3n) is 4.08. The molecule has 27 heavy (non-hydrogen) atoms. The number of rotatable bonds is 5. The molecule has 2 aromatic rings. The van der Waals surface area contributed by atoms with Gasteiger partial charge in [0.05, 0.1) is 30.7 Å². The lowest BCUT2D eigenvalue weighted by Gasteiger charge is -2.32. The third kappa shape index (κ3) is 5.63. The lowest BCUT2D eigenvalue weighted by Crippen LogP contribution is -2.48. The van der Waals surface area contributed by atoms with Crippen molar-refractivity contribution in [1.29, 1.82) is 0 Å². The molecule has 1 aromatic carbocycles. The minimum absolute atomic E-state index is 0.0564. The summed E-state index contributed by atoms with van der Waals surface area (Å²) in [4.78, 5) is 16.3. The number of nitrogens with zero attached hydrogens (tertiary/aromatic N) is 2. The van der Waals surface area contributed by atoms with Crippen molar-refractivity contribution in [1.82, 2.24) is 14.9 Å². The zero-order valence-corrected chi connectivity index (χ0v) is 15.6. The van der Waals surface area contributed by atoms with Crippen molar-refractivity contribution < 1.29 is 22.7 Å². The molecule has 0 spiro atoms. The molecule has 2 N–H and O–H groups in total. The van der Waals surface area contributed by atoms with Crippen LogP contribution in [0.4, 0.5) is 23.7 Å². The molecule has 1 heterocycles. The monoisotopic (exact) mass is 384 g/mol. The van der Waals surface area contributed by atoms with Gasteiger partial charge in [-0.15, -0.1) is 0 Å². The molecule has 2 amide bonds. The van der Waals surface area contributed by atoms with Gasteiger partial charge in [-0.3, -0.25) is 0 Å². The number of hydrogen-bond donors (Lipinski definition) is 2. The summed E-state index contributed by atoms with van der Waals surface area (Å²) in [7, 11) is 1.28. The number of methoxy groups -OCH3 is 1. The summed E-state index contributed by atoms with van der Waals surface area (Å²) in [5, 5.41) is 5.05. The van der Waals surface area contributed by atoms with E-state index in [4.69, 9.17) is 4.74 Å². The first-order valence-electron chi connectivity index (χ1n) is 8.29. The molecule has 0 fully saturated rings. The summed E-state index contributed by atoms with van der Waals surface area (Å²) < 4.78 is 46.5. The van der Waals surface area contributed by atoms with Gasteiger partial charge in [-0.25, -0.2) is 9.78 Å². The van der Waals surface area contributed by atoms with E-state index in [1.54, 1.807) is 23.3 Å². The van der Waals surface area contributed by atoms with Crippen molar-refractivity contribution in [3.63, 3.8) is 0 Å². The van der Waals surface area contributed by atoms with Crippen molar-refractivity contribution in [2.45, 2.75) is 39.5 Å². The highest BCUT2D eigenvalue weighted by atomic mass is 19.4. The molecule has 6 nitrogen and oxygen atoms in total. The topological polar surface area (TPSA) is 68.2 Å². The van der Waals surface area contributed by atoms with Crippen molar-refractivity contribution in [2.24, 2.45) is 5.41 Å². The summed E-state index contributed by atoms with van der Waals surface area (Å²) in [6, 6.07) is 2.33. The van der Waals surface area contributed by atoms with Crippen molar-refractivity contribution >= 4 is 11.7 Å². The summed E-state index contributed by atoms with van der Waals surface area (Å²) in [5.74, 6) is 0.0564. The number of benzene rings is 1. The number of alkyl halides is 3. The Morgan fingerprint density at radius 1 is 1.30 bits per heavy atom. The van der Waals surface area contributed by atoms with Crippen LogP contribution in [0.5, 0.6) is 5.75 Å². The molecule has 0 aliphatic carbocycles. The molecule has 1 atom stereocenters. The number of urea groups is 1. The van der Waals surface area contributed by atoms with Crippen LogP contribution >= 0.6 is 0 Å². The summed E-state index contributed by atoms with van der Waals surface area (Å²) in [6.45, 7) is 6.24. The van der Waals surface area contributed by atoms with Gasteiger partial charge in [0.1, 0.15) is 5.75 Å². The number of carbonyl (C=O) groups excluding carboxylic acids is 1. The van der Waals surface area contributed by atoms with Gasteiger partial charge in [0.15, 0.2) is 0 Å². The van der Waals surface area contributed by atoms with Crippen LogP contribution in [0.2, 0.25) is 0 Å². The third-order valence-corrected chi connectivity index (χ3v) is 4.08. The Kier molecular flexibility index (Phi) is 6.02. The smallest absolute Gasteiger partial charge is 0.418 e.